The molecule has 15 nitrogen and oxygen atoms in total. The van der Waals surface area contributed by atoms with Gasteiger partial charge in [-0.2, -0.15) is 0 Å². The zero-order chi connectivity index (χ0) is 24.6. The number of hydrogen-bond donors (Lipinski definition) is 10. The second kappa shape index (κ2) is 11.0. The number of aliphatic hydroxyl groups is 10. The molecule has 194 valence electrons. The minimum absolute atomic E-state index is 0.731. The highest BCUT2D eigenvalue weighted by Crippen LogP contribution is 2.32. The van der Waals surface area contributed by atoms with Gasteiger partial charge < -0.3 is 74.7 Å². The van der Waals surface area contributed by atoms with Gasteiger partial charge in [-0.1, -0.05) is 0 Å². The van der Waals surface area contributed by atoms with Crippen LogP contribution >= 0.6 is 0 Å². The average Bonchev–Trinajstić information content (AvgIpc) is 2.79. The second-order valence-electron chi connectivity index (χ2n) is 8.32. The van der Waals surface area contributed by atoms with Crippen LogP contribution < -0.4 is 0 Å². The van der Waals surface area contributed by atoms with E-state index >= 15 is 0 Å². The molecule has 0 aliphatic carbocycles. The lowest BCUT2D eigenvalue weighted by atomic mass is 9.96. The summed E-state index contributed by atoms with van der Waals surface area (Å²) in [7, 11) is 0. The van der Waals surface area contributed by atoms with Crippen LogP contribution in [-0.4, -0.2) is 156 Å². The van der Waals surface area contributed by atoms with Crippen LogP contribution in [0.4, 0.5) is 0 Å². The molecule has 10 N–H and O–H groups in total. The summed E-state index contributed by atoms with van der Waals surface area (Å²) in [4.78, 5) is 0. The van der Waals surface area contributed by atoms with E-state index < -0.39 is 105 Å². The van der Waals surface area contributed by atoms with Crippen LogP contribution in [-0.2, 0) is 23.7 Å². The Morgan fingerprint density at radius 1 is 0.545 bits per heavy atom. The third kappa shape index (κ3) is 5.32. The lowest BCUT2D eigenvalue weighted by molar-refractivity contribution is -0.385. The summed E-state index contributed by atoms with van der Waals surface area (Å²) < 4.78 is 26.8. The molecule has 0 saturated carbocycles. The maximum Gasteiger partial charge on any atom is 0.187 e. The minimum Gasteiger partial charge on any atom is -0.394 e. The Labute approximate surface area is 187 Å². The summed E-state index contributed by atoms with van der Waals surface area (Å²) in [5, 5.41) is 99.9. The zero-order valence-corrected chi connectivity index (χ0v) is 17.6. The zero-order valence-electron chi connectivity index (χ0n) is 17.6. The van der Waals surface area contributed by atoms with Crippen molar-refractivity contribution in [3.05, 3.63) is 0 Å². The smallest absolute Gasteiger partial charge is 0.187 e. The second-order valence-corrected chi connectivity index (χ2v) is 8.32. The molecule has 0 amide bonds. The van der Waals surface area contributed by atoms with Crippen molar-refractivity contribution in [3.8, 4) is 0 Å². The molecule has 0 radical (unpaired) electrons. The van der Waals surface area contributed by atoms with Crippen LogP contribution in [0.25, 0.3) is 0 Å². The first-order chi connectivity index (χ1) is 15.5. The molecule has 0 aromatic rings. The van der Waals surface area contributed by atoms with Gasteiger partial charge in [0.2, 0.25) is 0 Å². The van der Waals surface area contributed by atoms with Gasteiger partial charge in [0.25, 0.3) is 0 Å². The van der Waals surface area contributed by atoms with Crippen molar-refractivity contribution in [2.75, 3.05) is 13.2 Å². The van der Waals surface area contributed by atoms with Gasteiger partial charge in [-0.15, -0.1) is 0 Å². The fraction of sp³-hybridized carbons (Fsp3) is 1.00. The first-order valence-corrected chi connectivity index (χ1v) is 10.4. The number of aliphatic hydroxyl groups excluding tert-OH is 10. The average molecular weight is 488 g/mol. The van der Waals surface area contributed by atoms with E-state index in [9.17, 15) is 51.1 Å². The van der Waals surface area contributed by atoms with E-state index in [2.05, 4.69) is 0 Å². The molecule has 0 aromatic heterocycles. The summed E-state index contributed by atoms with van der Waals surface area (Å²) in [6.45, 7) is -0.0778. The van der Waals surface area contributed by atoms with Crippen LogP contribution in [0, 0.1) is 0 Å². The van der Waals surface area contributed by atoms with Crippen LogP contribution in [0.1, 0.15) is 6.92 Å². The Bertz CT molecular complexity index is 622. The molecule has 3 aliphatic rings. The van der Waals surface area contributed by atoms with E-state index in [1.54, 1.807) is 0 Å². The maximum absolute atomic E-state index is 10.6. The van der Waals surface area contributed by atoms with Crippen LogP contribution in [0.3, 0.4) is 0 Å². The van der Waals surface area contributed by atoms with Crippen molar-refractivity contribution in [1.29, 1.82) is 0 Å². The molecule has 3 saturated heterocycles. The summed E-state index contributed by atoms with van der Waals surface area (Å²) in [5.41, 5.74) is 0. The normalized spacial score (nSPS) is 53.7. The summed E-state index contributed by atoms with van der Waals surface area (Å²) >= 11 is 0. The predicted octanol–water partition coefficient (Wildman–Crippen LogP) is -6.55. The molecular weight excluding hydrogens is 456 g/mol. The van der Waals surface area contributed by atoms with Gasteiger partial charge in [0, 0.05) is 0 Å². The molecule has 15 atom stereocenters. The molecule has 0 aromatic carbocycles. The maximum atomic E-state index is 10.6. The Morgan fingerprint density at radius 2 is 0.970 bits per heavy atom. The van der Waals surface area contributed by atoms with Gasteiger partial charge in [0.1, 0.15) is 67.1 Å². The minimum atomic E-state index is -1.83. The Balaban J connectivity index is 1.80. The van der Waals surface area contributed by atoms with E-state index in [4.69, 9.17) is 23.7 Å². The molecule has 3 rings (SSSR count). The molecule has 15 heteroatoms. The summed E-state index contributed by atoms with van der Waals surface area (Å²) in [6.07, 6.45) is -24.1. The lowest BCUT2D eigenvalue weighted by Gasteiger charge is -2.48. The number of hydrogen-bond acceptors (Lipinski definition) is 15. The van der Waals surface area contributed by atoms with E-state index in [1.165, 1.54) is 6.92 Å². The van der Waals surface area contributed by atoms with Crippen molar-refractivity contribution in [2.24, 2.45) is 0 Å². The molecule has 0 spiro atoms. The highest BCUT2D eigenvalue weighted by Gasteiger charge is 2.53. The molecule has 3 aliphatic heterocycles. The molecule has 0 bridgehead atoms. The summed E-state index contributed by atoms with van der Waals surface area (Å²) in [5.74, 6) is 0. The first kappa shape index (κ1) is 27.0. The van der Waals surface area contributed by atoms with Crippen molar-refractivity contribution < 1.29 is 74.7 Å². The standard InChI is InChI=1S/C18H32O15/c1-4-7(21)14(32-17-12(26)10(24)8(22)5(2-19)30-17)15(16(28)29-4)33-18-13(27)11(25)9(23)6(3-20)31-18/h4-28H,2-3H2,1H3/t4-,5+,6+,7-,8-,9+,10-,11-,12+,13+,14+,15+,16+,17-,18-/m0/s1. The van der Waals surface area contributed by atoms with E-state index in [-0.39, 0.29) is 0 Å². The number of rotatable bonds is 6. The number of ether oxygens (including phenoxy) is 5. The molecule has 33 heavy (non-hydrogen) atoms. The third-order valence-corrected chi connectivity index (χ3v) is 6.06. The van der Waals surface area contributed by atoms with Crippen molar-refractivity contribution in [2.45, 2.75) is 99.0 Å². The monoisotopic (exact) mass is 488 g/mol. The van der Waals surface area contributed by atoms with Gasteiger partial charge in [0.15, 0.2) is 18.9 Å². The fourth-order valence-corrected chi connectivity index (χ4v) is 3.97. The quantitative estimate of drug-likeness (QED) is 0.167. The van der Waals surface area contributed by atoms with E-state index in [1.807, 2.05) is 0 Å². The van der Waals surface area contributed by atoms with Crippen molar-refractivity contribution in [1.82, 2.24) is 0 Å². The highest BCUT2D eigenvalue weighted by atomic mass is 16.8. The van der Waals surface area contributed by atoms with Crippen LogP contribution in [0.5, 0.6) is 0 Å². The lowest BCUT2D eigenvalue weighted by Crippen LogP contribution is -2.66. The third-order valence-electron chi connectivity index (χ3n) is 6.06. The van der Waals surface area contributed by atoms with Gasteiger partial charge in [-0.3, -0.25) is 0 Å². The van der Waals surface area contributed by atoms with Gasteiger partial charge in [-0.25, -0.2) is 0 Å². The highest BCUT2D eigenvalue weighted by molar-refractivity contribution is 4.95. The van der Waals surface area contributed by atoms with Crippen molar-refractivity contribution in [3.63, 3.8) is 0 Å². The predicted molar refractivity (Wildman–Crippen MR) is 99.8 cm³/mol. The SMILES string of the molecule is C[C@@H]1O[C@@H](O)[C@H](O[C@@H]2O[C@H](CO)[C@@H](O)[C@H](O)[C@H]2O)[C@H](O[C@@H]2O[C@H](CO)[C@H](O)[C@H](O)[C@H]2O)[C@H]1O. The Kier molecular flexibility index (Phi) is 8.99. The Morgan fingerprint density at radius 3 is 1.39 bits per heavy atom. The summed E-state index contributed by atoms with van der Waals surface area (Å²) in [6, 6.07) is 0. The molecule has 0 unspecified atom stereocenters. The van der Waals surface area contributed by atoms with Gasteiger partial charge >= 0.3 is 0 Å². The van der Waals surface area contributed by atoms with Gasteiger partial charge in [-0.05, 0) is 6.92 Å². The van der Waals surface area contributed by atoms with E-state index in [0.29, 0.717) is 0 Å². The molecular formula is C18H32O15. The van der Waals surface area contributed by atoms with Crippen molar-refractivity contribution >= 4 is 0 Å². The first-order valence-electron chi connectivity index (χ1n) is 10.4. The van der Waals surface area contributed by atoms with E-state index in [0.717, 1.165) is 0 Å². The van der Waals surface area contributed by atoms with Crippen LogP contribution in [0.2, 0.25) is 0 Å². The van der Waals surface area contributed by atoms with Gasteiger partial charge in [0.05, 0.1) is 19.3 Å². The molecule has 3 heterocycles. The fourth-order valence-electron chi connectivity index (χ4n) is 3.97. The molecule has 3 fully saturated rings. The topological polar surface area (TPSA) is 248 Å². The van der Waals surface area contributed by atoms with Crippen LogP contribution in [0.15, 0.2) is 0 Å². The Hall–Kier alpha value is -0.600. The largest absolute Gasteiger partial charge is 0.394 e.